The molecule has 0 saturated heterocycles. The highest BCUT2D eigenvalue weighted by Crippen LogP contribution is 2.25. The summed E-state index contributed by atoms with van der Waals surface area (Å²) in [5, 5.41) is 10.5. The van der Waals surface area contributed by atoms with Crippen LogP contribution < -0.4 is 0 Å². The van der Waals surface area contributed by atoms with Crippen LogP contribution in [-0.4, -0.2) is 35.6 Å². The van der Waals surface area contributed by atoms with Gasteiger partial charge in [-0.25, -0.2) is 0 Å². The first kappa shape index (κ1) is 32.1. The van der Waals surface area contributed by atoms with Crippen molar-refractivity contribution < 1.29 is 14.6 Å². The van der Waals surface area contributed by atoms with Crippen molar-refractivity contribution >= 4 is 0 Å². The van der Waals surface area contributed by atoms with Gasteiger partial charge in [0.2, 0.25) is 0 Å². The number of allylic oxidation sites excluding steroid dienone is 4. The van der Waals surface area contributed by atoms with E-state index in [4.69, 9.17) is 9.47 Å². The molecule has 0 bridgehead atoms. The number of rotatable bonds is 20. The first-order chi connectivity index (χ1) is 15.3. The zero-order valence-electron chi connectivity index (χ0n) is 23.3. The van der Waals surface area contributed by atoms with Crippen molar-refractivity contribution in [3.05, 3.63) is 36.5 Å². The van der Waals surface area contributed by atoms with E-state index >= 15 is 0 Å². The summed E-state index contributed by atoms with van der Waals surface area (Å²) >= 11 is 0. The van der Waals surface area contributed by atoms with Gasteiger partial charge in [-0.3, -0.25) is 0 Å². The summed E-state index contributed by atoms with van der Waals surface area (Å²) in [6, 6.07) is 0. The lowest BCUT2D eigenvalue weighted by Gasteiger charge is -2.31. The van der Waals surface area contributed by atoms with Gasteiger partial charge in [-0.2, -0.15) is 0 Å². The molecule has 0 aliphatic carbocycles. The smallest absolute Gasteiger partial charge is 0.0884 e. The molecular weight excluding hydrogens is 408 g/mol. The first-order valence-corrected chi connectivity index (χ1v) is 13.2. The van der Waals surface area contributed by atoms with Crippen molar-refractivity contribution in [2.75, 3.05) is 13.2 Å². The summed E-state index contributed by atoms with van der Waals surface area (Å²) in [5.41, 5.74) is 1.77. The maximum Gasteiger partial charge on any atom is 0.0884 e. The Balaban J connectivity index is 4.05. The highest BCUT2D eigenvalue weighted by atomic mass is 16.5. The first-order valence-electron chi connectivity index (χ1n) is 13.2. The molecule has 1 N–H and O–H groups in total. The highest BCUT2D eigenvalue weighted by molar-refractivity contribution is 5.10. The Kier molecular flexibility index (Phi) is 16.2. The average molecular weight is 465 g/mol. The Labute approximate surface area is 206 Å². The van der Waals surface area contributed by atoms with Gasteiger partial charge in [-0.1, -0.05) is 63.1 Å². The molecule has 0 aliphatic rings. The van der Waals surface area contributed by atoms with Crippen LogP contribution in [0.15, 0.2) is 36.5 Å². The topological polar surface area (TPSA) is 38.7 Å². The van der Waals surface area contributed by atoms with E-state index in [-0.39, 0.29) is 5.60 Å². The minimum Gasteiger partial charge on any atom is -0.390 e. The molecule has 3 unspecified atom stereocenters. The lowest BCUT2D eigenvalue weighted by atomic mass is 9.94. The number of aliphatic hydroxyl groups is 1. The second-order valence-electron chi connectivity index (χ2n) is 11.5. The fourth-order valence-electron chi connectivity index (χ4n) is 3.82. The second-order valence-corrected chi connectivity index (χ2v) is 11.5. The molecule has 194 valence electrons. The molecule has 0 rings (SSSR count). The van der Waals surface area contributed by atoms with Crippen molar-refractivity contribution in [2.24, 2.45) is 11.8 Å². The van der Waals surface area contributed by atoms with Crippen molar-refractivity contribution in [1.82, 2.24) is 0 Å². The van der Waals surface area contributed by atoms with Gasteiger partial charge in [0, 0.05) is 13.2 Å². The molecule has 0 aliphatic heterocycles. The zero-order valence-corrected chi connectivity index (χ0v) is 23.3. The zero-order chi connectivity index (χ0) is 25.5. The average Bonchev–Trinajstić information content (AvgIpc) is 2.70. The van der Waals surface area contributed by atoms with E-state index in [1.54, 1.807) is 6.08 Å². The highest BCUT2D eigenvalue weighted by Gasteiger charge is 2.28. The van der Waals surface area contributed by atoms with E-state index in [9.17, 15) is 5.11 Å². The fourth-order valence-corrected chi connectivity index (χ4v) is 3.82. The van der Waals surface area contributed by atoms with E-state index in [1.165, 1.54) is 31.3 Å². The van der Waals surface area contributed by atoms with Crippen LogP contribution in [0.2, 0.25) is 0 Å². The predicted octanol–water partition coefficient (Wildman–Crippen LogP) is 8.43. The summed E-state index contributed by atoms with van der Waals surface area (Å²) in [7, 11) is 0. The molecule has 33 heavy (non-hydrogen) atoms. The van der Waals surface area contributed by atoms with Crippen LogP contribution in [0, 0.1) is 11.8 Å². The summed E-state index contributed by atoms with van der Waals surface area (Å²) in [4.78, 5) is 0. The molecule has 0 spiro atoms. The normalized spacial score (nSPS) is 15.1. The Morgan fingerprint density at radius 1 is 0.909 bits per heavy atom. The van der Waals surface area contributed by atoms with Gasteiger partial charge in [0.05, 0.1) is 17.3 Å². The number of ether oxygens (including phenoxy) is 2. The van der Waals surface area contributed by atoms with E-state index in [0.717, 1.165) is 37.9 Å². The molecule has 0 aromatic heterocycles. The molecule has 0 radical (unpaired) electrons. The monoisotopic (exact) mass is 464 g/mol. The number of aliphatic hydroxyl groups excluding tert-OH is 1. The van der Waals surface area contributed by atoms with Crippen molar-refractivity contribution in [3.63, 3.8) is 0 Å². The summed E-state index contributed by atoms with van der Waals surface area (Å²) in [6.07, 6.45) is 13.0. The third kappa shape index (κ3) is 17.2. The van der Waals surface area contributed by atoms with Crippen LogP contribution in [0.5, 0.6) is 0 Å². The Bertz CT molecular complexity index is 569. The molecule has 0 aromatic rings. The van der Waals surface area contributed by atoms with Crippen LogP contribution in [0.3, 0.4) is 0 Å². The second kappa shape index (κ2) is 16.7. The lowest BCUT2D eigenvalue weighted by molar-refractivity contribution is -0.105. The van der Waals surface area contributed by atoms with Gasteiger partial charge in [0.25, 0.3) is 0 Å². The van der Waals surface area contributed by atoms with Crippen LogP contribution in [0.1, 0.15) is 113 Å². The maximum atomic E-state index is 10.5. The fraction of sp³-hybridized carbons (Fsp3) is 0.800. The van der Waals surface area contributed by atoms with E-state index < -0.39 is 11.7 Å². The molecule has 0 amide bonds. The molecule has 3 nitrogen and oxygen atoms in total. The summed E-state index contributed by atoms with van der Waals surface area (Å²) < 4.78 is 12.3. The van der Waals surface area contributed by atoms with Crippen molar-refractivity contribution in [2.45, 2.75) is 130 Å². The van der Waals surface area contributed by atoms with E-state index in [0.29, 0.717) is 24.9 Å². The molecular formula is C30H56O3. The third-order valence-electron chi connectivity index (χ3n) is 6.71. The lowest BCUT2D eigenvalue weighted by Crippen LogP contribution is -2.39. The molecule has 0 aromatic carbocycles. The molecule has 0 heterocycles. The number of hydrogen-bond donors (Lipinski definition) is 1. The Morgan fingerprint density at radius 3 is 2.06 bits per heavy atom. The predicted molar refractivity (Wildman–Crippen MR) is 145 cm³/mol. The van der Waals surface area contributed by atoms with Crippen molar-refractivity contribution in [1.29, 1.82) is 0 Å². The van der Waals surface area contributed by atoms with Gasteiger partial charge >= 0.3 is 0 Å². The van der Waals surface area contributed by atoms with Gasteiger partial charge in [0.15, 0.2) is 0 Å². The summed E-state index contributed by atoms with van der Waals surface area (Å²) in [5.74, 6) is 1.31. The third-order valence-corrected chi connectivity index (χ3v) is 6.71. The van der Waals surface area contributed by atoms with Gasteiger partial charge in [-0.05, 0) is 98.3 Å². The van der Waals surface area contributed by atoms with Crippen LogP contribution in [0.25, 0.3) is 0 Å². The minimum absolute atomic E-state index is 0.0581. The van der Waals surface area contributed by atoms with Crippen molar-refractivity contribution in [3.8, 4) is 0 Å². The van der Waals surface area contributed by atoms with Gasteiger partial charge < -0.3 is 14.6 Å². The van der Waals surface area contributed by atoms with Crippen LogP contribution in [0.4, 0.5) is 0 Å². The maximum absolute atomic E-state index is 10.5. The largest absolute Gasteiger partial charge is 0.390 e. The molecule has 3 heteroatoms. The molecule has 0 fully saturated rings. The summed E-state index contributed by atoms with van der Waals surface area (Å²) in [6.45, 7) is 26.5. The van der Waals surface area contributed by atoms with Crippen LogP contribution >= 0.6 is 0 Å². The van der Waals surface area contributed by atoms with Gasteiger partial charge in [-0.15, -0.1) is 0 Å². The molecule has 0 saturated carbocycles. The van der Waals surface area contributed by atoms with Gasteiger partial charge in [0.1, 0.15) is 0 Å². The van der Waals surface area contributed by atoms with E-state index in [2.05, 4.69) is 60.8 Å². The standard InChI is InChI=1S/C30H56O3/c1-11-25(4)17-18-28(31)30(9,10)33-23-20-27(6)16-13-21-29(7,8)32-22-19-26(5)15-12-14-24(2)3/h11,14,26-28,31H,1,4,12-13,15-23H2,2-3,5-10H3. The van der Waals surface area contributed by atoms with Crippen LogP contribution in [-0.2, 0) is 9.47 Å². The number of hydrogen-bond acceptors (Lipinski definition) is 3. The Hall–Kier alpha value is -0.900. The van der Waals surface area contributed by atoms with E-state index in [1.807, 2.05) is 13.8 Å². The minimum atomic E-state index is -0.542. The quantitative estimate of drug-likeness (QED) is 0.145. The molecule has 3 atom stereocenters. The SMILES string of the molecule is C=CC(=C)CCC(O)C(C)(C)OCCC(C)CCCC(C)(C)OCCC(C)CCC=C(C)C. The Morgan fingerprint density at radius 2 is 1.48 bits per heavy atom.